The highest BCUT2D eigenvalue weighted by atomic mass is 16.5. The van der Waals surface area contributed by atoms with E-state index in [0.29, 0.717) is 0 Å². The van der Waals surface area contributed by atoms with Crippen molar-refractivity contribution >= 4 is 5.69 Å². The van der Waals surface area contributed by atoms with Crippen LogP contribution in [-0.2, 0) is 0 Å². The van der Waals surface area contributed by atoms with Crippen molar-refractivity contribution < 1.29 is 9.47 Å². The van der Waals surface area contributed by atoms with Crippen molar-refractivity contribution in [1.29, 1.82) is 0 Å². The Labute approximate surface area is 102 Å². The van der Waals surface area contributed by atoms with Crippen molar-refractivity contribution in [1.82, 2.24) is 0 Å². The van der Waals surface area contributed by atoms with Crippen molar-refractivity contribution in [2.75, 3.05) is 25.1 Å². The Morgan fingerprint density at radius 2 is 2.00 bits per heavy atom. The minimum Gasteiger partial charge on any atom is -0.490 e. The van der Waals surface area contributed by atoms with Crippen molar-refractivity contribution in [2.45, 2.75) is 20.3 Å². The molecule has 2 rings (SSSR count). The lowest BCUT2D eigenvalue weighted by Crippen LogP contribution is -1.99. The van der Waals surface area contributed by atoms with Gasteiger partial charge in [0.05, 0.1) is 13.2 Å². The molecule has 0 saturated carbocycles. The molecule has 0 bridgehead atoms. The zero-order valence-electron chi connectivity index (χ0n) is 10.5. The maximum absolute atomic E-state index is 5.64. The molecule has 1 aromatic rings. The van der Waals surface area contributed by atoms with Gasteiger partial charge in [0, 0.05) is 24.7 Å². The third-order valence-corrected chi connectivity index (χ3v) is 2.56. The van der Waals surface area contributed by atoms with Crippen LogP contribution in [0.4, 0.5) is 5.69 Å². The highest BCUT2D eigenvalue weighted by Gasteiger charge is 2.09. The lowest BCUT2D eigenvalue weighted by molar-refractivity contribution is 0.297. The van der Waals surface area contributed by atoms with E-state index in [1.807, 2.05) is 18.2 Å². The van der Waals surface area contributed by atoms with Gasteiger partial charge in [-0.15, -0.1) is 0 Å². The number of rotatable bonds is 3. The molecule has 1 N–H and O–H groups in total. The average Bonchev–Trinajstić information content (AvgIpc) is 2.53. The van der Waals surface area contributed by atoms with Gasteiger partial charge >= 0.3 is 0 Å². The Morgan fingerprint density at radius 3 is 2.76 bits per heavy atom. The molecular formula is C14H19NO2. The van der Waals surface area contributed by atoms with Crippen LogP contribution in [0.2, 0.25) is 0 Å². The van der Waals surface area contributed by atoms with Gasteiger partial charge in [-0.1, -0.05) is 11.6 Å². The van der Waals surface area contributed by atoms with Gasteiger partial charge in [-0.25, -0.2) is 0 Å². The largest absolute Gasteiger partial charge is 0.490 e. The second-order valence-electron chi connectivity index (χ2n) is 4.37. The van der Waals surface area contributed by atoms with E-state index in [1.54, 1.807) is 0 Å². The third kappa shape index (κ3) is 3.41. The van der Waals surface area contributed by atoms with Gasteiger partial charge < -0.3 is 14.8 Å². The van der Waals surface area contributed by atoms with Gasteiger partial charge in [0.1, 0.15) is 0 Å². The zero-order chi connectivity index (χ0) is 12.1. The predicted octanol–water partition coefficient (Wildman–Crippen LogP) is 3.23. The molecular weight excluding hydrogens is 214 g/mol. The summed E-state index contributed by atoms with van der Waals surface area (Å²) < 4.78 is 11.2. The first kappa shape index (κ1) is 11.8. The van der Waals surface area contributed by atoms with Crippen LogP contribution < -0.4 is 14.8 Å². The van der Waals surface area contributed by atoms with Crippen LogP contribution in [0.3, 0.4) is 0 Å². The van der Waals surface area contributed by atoms with Crippen molar-refractivity contribution in [3.05, 3.63) is 29.8 Å². The topological polar surface area (TPSA) is 30.5 Å². The summed E-state index contributed by atoms with van der Waals surface area (Å²) in [5.41, 5.74) is 2.37. The quantitative estimate of drug-likeness (QED) is 0.813. The van der Waals surface area contributed by atoms with Gasteiger partial charge in [0.15, 0.2) is 11.5 Å². The number of fused-ring (bicyclic) bond motifs is 1. The first-order chi connectivity index (χ1) is 8.25. The highest BCUT2D eigenvalue weighted by molar-refractivity contribution is 5.55. The van der Waals surface area contributed by atoms with E-state index in [2.05, 4.69) is 25.2 Å². The van der Waals surface area contributed by atoms with Crippen LogP contribution >= 0.6 is 0 Å². The van der Waals surface area contributed by atoms with Gasteiger partial charge in [-0.3, -0.25) is 0 Å². The Hall–Kier alpha value is -1.64. The molecule has 1 heterocycles. The average molecular weight is 233 g/mol. The summed E-state index contributed by atoms with van der Waals surface area (Å²) in [5, 5.41) is 3.33. The maximum Gasteiger partial charge on any atom is 0.163 e. The molecule has 0 amide bonds. The van der Waals surface area contributed by atoms with Crippen molar-refractivity contribution in [3.63, 3.8) is 0 Å². The van der Waals surface area contributed by atoms with E-state index in [9.17, 15) is 0 Å². The molecule has 3 nitrogen and oxygen atoms in total. The van der Waals surface area contributed by atoms with Crippen LogP contribution in [-0.4, -0.2) is 19.8 Å². The standard InChI is InChI=1S/C14H19NO2/c1-11(2)6-7-15-12-4-5-13-14(10-12)17-9-3-8-16-13/h4-6,10,15H,3,7-9H2,1-2H3. The molecule has 0 fully saturated rings. The second-order valence-corrected chi connectivity index (χ2v) is 4.37. The lowest BCUT2D eigenvalue weighted by atomic mass is 10.2. The summed E-state index contributed by atoms with van der Waals surface area (Å²) in [6.07, 6.45) is 3.10. The van der Waals surface area contributed by atoms with Crippen molar-refractivity contribution in [3.8, 4) is 11.5 Å². The number of anilines is 1. The molecule has 0 aromatic heterocycles. The molecule has 1 aliphatic rings. The molecule has 0 unspecified atom stereocenters. The molecule has 17 heavy (non-hydrogen) atoms. The zero-order valence-corrected chi connectivity index (χ0v) is 10.5. The van der Waals surface area contributed by atoms with Gasteiger partial charge in [0.2, 0.25) is 0 Å². The molecule has 1 aromatic carbocycles. The van der Waals surface area contributed by atoms with Crippen LogP contribution in [0.15, 0.2) is 29.8 Å². The number of benzene rings is 1. The molecule has 0 spiro atoms. The summed E-state index contributed by atoms with van der Waals surface area (Å²) in [4.78, 5) is 0. The Bertz CT molecular complexity index is 409. The Balaban J connectivity index is 2.04. The fourth-order valence-electron chi connectivity index (χ4n) is 1.65. The normalized spacial score (nSPS) is 13.8. The molecule has 0 atom stereocenters. The molecule has 0 saturated heterocycles. The van der Waals surface area contributed by atoms with E-state index < -0.39 is 0 Å². The molecule has 0 radical (unpaired) electrons. The fraction of sp³-hybridized carbons (Fsp3) is 0.429. The van der Waals surface area contributed by atoms with E-state index in [-0.39, 0.29) is 0 Å². The highest BCUT2D eigenvalue weighted by Crippen LogP contribution is 2.32. The van der Waals surface area contributed by atoms with Crippen LogP contribution in [0, 0.1) is 0 Å². The molecule has 92 valence electrons. The molecule has 0 aliphatic carbocycles. The number of ether oxygens (including phenoxy) is 2. The van der Waals surface area contributed by atoms with Crippen LogP contribution in [0.25, 0.3) is 0 Å². The molecule has 1 aliphatic heterocycles. The van der Waals surface area contributed by atoms with E-state index in [1.165, 1.54) is 5.57 Å². The van der Waals surface area contributed by atoms with Gasteiger partial charge in [0.25, 0.3) is 0 Å². The van der Waals surface area contributed by atoms with Gasteiger partial charge in [-0.2, -0.15) is 0 Å². The predicted molar refractivity (Wildman–Crippen MR) is 70.0 cm³/mol. The third-order valence-electron chi connectivity index (χ3n) is 2.56. The first-order valence-corrected chi connectivity index (χ1v) is 6.02. The SMILES string of the molecule is CC(C)=CCNc1ccc2c(c1)OCCCO2. The number of hydrogen-bond donors (Lipinski definition) is 1. The van der Waals surface area contributed by atoms with Crippen LogP contribution in [0.1, 0.15) is 20.3 Å². The van der Waals surface area contributed by atoms with E-state index in [4.69, 9.17) is 9.47 Å². The minimum absolute atomic E-state index is 0.727. The summed E-state index contributed by atoms with van der Waals surface area (Å²) in [6, 6.07) is 5.98. The summed E-state index contributed by atoms with van der Waals surface area (Å²) in [5.74, 6) is 1.68. The monoisotopic (exact) mass is 233 g/mol. The van der Waals surface area contributed by atoms with E-state index in [0.717, 1.165) is 43.4 Å². The molecule has 3 heteroatoms. The summed E-state index contributed by atoms with van der Waals surface area (Å²) >= 11 is 0. The summed E-state index contributed by atoms with van der Waals surface area (Å²) in [6.45, 7) is 6.48. The maximum atomic E-state index is 5.64. The number of hydrogen-bond acceptors (Lipinski definition) is 3. The Kier molecular flexibility index (Phi) is 3.91. The lowest BCUT2D eigenvalue weighted by Gasteiger charge is -2.10. The van der Waals surface area contributed by atoms with Crippen molar-refractivity contribution in [2.24, 2.45) is 0 Å². The Morgan fingerprint density at radius 1 is 1.24 bits per heavy atom. The fourth-order valence-corrected chi connectivity index (χ4v) is 1.65. The number of nitrogens with one attached hydrogen (secondary N) is 1. The second kappa shape index (κ2) is 5.62. The van der Waals surface area contributed by atoms with E-state index >= 15 is 0 Å². The van der Waals surface area contributed by atoms with Crippen LogP contribution in [0.5, 0.6) is 11.5 Å². The minimum atomic E-state index is 0.727. The van der Waals surface area contributed by atoms with Gasteiger partial charge in [-0.05, 0) is 26.0 Å². The number of allylic oxidation sites excluding steroid dienone is 1. The summed E-state index contributed by atoms with van der Waals surface area (Å²) in [7, 11) is 0. The first-order valence-electron chi connectivity index (χ1n) is 6.02. The smallest absolute Gasteiger partial charge is 0.163 e.